The molecule has 0 unspecified atom stereocenters. The quantitative estimate of drug-likeness (QED) is 0.847. The highest BCUT2D eigenvalue weighted by molar-refractivity contribution is 5.94. The fourth-order valence-corrected chi connectivity index (χ4v) is 2.64. The summed E-state index contributed by atoms with van der Waals surface area (Å²) < 4.78 is 0. The van der Waals surface area contributed by atoms with Crippen LogP contribution in [0.3, 0.4) is 0 Å². The first-order valence-corrected chi connectivity index (χ1v) is 7.26. The van der Waals surface area contributed by atoms with Gasteiger partial charge in [-0.05, 0) is 30.2 Å². The average Bonchev–Trinajstić information content (AvgIpc) is 3.16. The number of nitrogens with zero attached hydrogens (tertiary/aromatic N) is 5. The van der Waals surface area contributed by atoms with Crippen molar-refractivity contribution >= 4 is 17.6 Å². The van der Waals surface area contributed by atoms with E-state index in [0.29, 0.717) is 24.5 Å². The first kappa shape index (κ1) is 14.9. The minimum absolute atomic E-state index is 0.337. The van der Waals surface area contributed by atoms with Crippen molar-refractivity contribution in [3.05, 3.63) is 24.3 Å². The van der Waals surface area contributed by atoms with Gasteiger partial charge in [-0.1, -0.05) is 12.1 Å². The van der Waals surface area contributed by atoms with Gasteiger partial charge in [-0.3, -0.25) is 4.79 Å². The van der Waals surface area contributed by atoms with Crippen LogP contribution in [0.25, 0.3) is 11.4 Å². The molecule has 1 saturated heterocycles. The van der Waals surface area contributed by atoms with Crippen LogP contribution in [-0.2, 0) is 11.8 Å². The van der Waals surface area contributed by atoms with Crippen molar-refractivity contribution in [2.24, 2.45) is 12.8 Å². The van der Waals surface area contributed by atoms with E-state index in [4.69, 9.17) is 5.73 Å². The molecule has 3 amide bonds. The maximum Gasteiger partial charge on any atom is 0.322 e. The van der Waals surface area contributed by atoms with E-state index in [1.165, 1.54) is 9.70 Å². The minimum Gasteiger partial charge on any atom is -0.368 e. The van der Waals surface area contributed by atoms with Crippen LogP contribution in [-0.4, -0.2) is 49.6 Å². The Bertz CT molecular complexity index is 742. The van der Waals surface area contributed by atoms with Crippen LogP contribution in [0, 0.1) is 0 Å². The Hall–Kier alpha value is -2.97. The summed E-state index contributed by atoms with van der Waals surface area (Å²) in [5.74, 6) is -0.00468. The predicted molar refractivity (Wildman–Crippen MR) is 82.2 cm³/mol. The summed E-state index contributed by atoms with van der Waals surface area (Å²) in [6, 6.07) is 6.25. The molecule has 0 spiro atoms. The second-order valence-electron chi connectivity index (χ2n) is 5.37. The third-order valence-electron chi connectivity index (χ3n) is 3.72. The minimum atomic E-state index is -0.542. The van der Waals surface area contributed by atoms with Crippen molar-refractivity contribution < 1.29 is 9.59 Å². The first-order valence-electron chi connectivity index (χ1n) is 7.26. The zero-order valence-electron chi connectivity index (χ0n) is 12.6. The molecule has 1 aromatic heterocycles. The van der Waals surface area contributed by atoms with Crippen LogP contribution in [0.15, 0.2) is 24.3 Å². The maximum atomic E-state index is 12.3. The number of benzene rings is 1. The number of nitrogens with one attached hydrogen (secondary N) is 1. The average molecular weight is 315 g/mol. The lowest BCUT2D eigenvalue weighted by molar-refractivity contribution is -0.121. The van der Waals surface area contributed by atoms with Crippen molar-refractivity contribution in [3.8, 4) is 11.4 Å². The van der Waals surface area contributed by atoms with Crippen molar-refractivity contribution in [1.29, 1.82) is 0 Å². The summed E-state index contributed by atoms with van der Waals surface area (Å²) in [6.45, 7) is 0.519. The number of nitrogens with two attached hydrogens (primary N) is 1. The van der Waals surface area contributed by atoms with Crippen molar-refractivity contribution in [3.63, 3.8) is 0 Å². The standard InChI is InChI=1S/C14H17N7O2/c1-20-18-13(17-19-20)9-4-2-5-10(8-9)16-14(23)21-7-3-6-11(21)12(15)22/h2,4-5,8,11H,3,6-7H2,1H3,(H2,15,22)(H,16,23)/t11-/m1/s1. The number of aryl methyl sites for hydroxylation is 1. The van der Waals surface area contributed by atoms with Gasteiger partial charge in [-0.15, -0.1) is 10.2 Å². The summed E-state index contributed by atoms with van der Waals surface area (Å²) in [7, 11) is 1.68. The monoisotopic (exact) mass is 315 g/mol. The molecule has 9 heteroatoms. The van der Waals surface area contributed by atoms with Gasteiger partial charge in [0.25, 0.3) is 0 Å². The zero-order valence-corrected chi connectivity index (χ0v) is 12.6. The molecule has 2 heterocycles. The molecule has 0 saturated carbocycles. The summed E-state index contributed by atoms with van der Waals surface area (Å²) in [4.78, 5) is 26.6. The molecule has 1 aliphatic rings. The molecule has 9 nitrogen and oxygen atoms in total. The molecule has 0 radical (unpaired) electrons. The molecule has 2 aromatic rings. The molecule has 23 heavy (non-hydrogen) atoms. The molecule has 0 bridgehead atoms. The van der Waals surface area contributed by atoms with Gasteiger partial charge in [-0.25, -0.2) is 4.79 Å². The number of hydrogen-bond acceptors (Lipinski definition) is 5. The van der Waals surface area contributed by atoms with E-state index in [-0.39, 0.29) is 6.03 Å². The molecule has 120 valence electrons. The molecule has 1 aromatic carbocycles. The third kappa shape index (κ3) is 3.12. The van der Waals surface area contributed by atoms with Gasteiger partial charge < -0.3 is 16.0 Å². The Morgan fingerprint density at radius 1 is 1.39 bits per heavy atom. The molecule has 1 aliphatic heterocycles. The molecule has 0 aliphatic carbocycles. The number of anilines is 1. The number of amides is 3. The van der Waals surface area contributed by atoms with Crippen molar-refractivity contribution in [1.82, 2.24) is 25.1 Å². The number of aromatic nitrogens is 4. The summed E-state index contributed by atoms with van der Waals surface area (Å²) in [5, 5.41) is 14.6. The van der Waals surface area contributed by atoms with E-state index in [9.17, 15) is 9.59 Å². The van der Waals surface area contributed by atoms with Gasteiger partial charge in [0.15, 0.2) is 0 Å². The Balaban J connectivity index is 1.75. The van der Waals surface area contributed by atoms with E-state index in [1.54, 1.807) is 25.2 Å². The predicted octanol–water partition coefficient (Wildman–Crippen LogP) is 0.359. The number of primary amides is 1. The lowest BCUT2D eigenvalue weighted by atomic mass is 10.2. The van der Waals surface area contributed by atoms with Gasteiger partial charge in [0.05, 0.1) is 7.05 Å². The van der Waals surface area contributed by atoms with Gasteiger partial charge in [0.2, 0.25) is 11.7 Å². The van der Waals surface area contributed by atoms with Crippen LogP contribution in [0.2, 0.25) is 0 Å². The number of carbonyl (C=O) groups excluding carboxylic acids is 2. The molecular formula is C14H17N7O2. The topological polar surface area (TPSA) is 119 Å². The Morgan fingerprint density at radius 2 is 2.22 bits per heavy atom. The van der Waals surface area contributed by atoms with E-state index >= 15 is 0 Å². The second kappa shape index (κ2) is 6.03. The highest BCUT2D eigenvalue weighted by Gasteiger charge is 2.32. The molecule has 1 fully saturated rings. The van der Waals surface area contributed by atoms with Crippen LogP contribution in [0.4, 0.5) is 10.5 Å². The van der Waals surface area contributed by atoms with Gasteiger partial charge >= 0.3 is 6.03 Å². The smallest absolute Gasteiger partial charge is 0.322 e. The summed E-state index contributed by atoms with van der Waals surface area (Å²) >= 11 is 0. The van der Waals surface area contributed by atoms with Gasteiger partial charge in [-0.2, -0.15) is 4.80 Å². The largest absolute Gasteiger partial charge is 0.368 e. The maximum absolute atomic E-state index is 12.3. The van der Waals surface area contributed by atoms with Crippen LogP contribution >= 0.6 is 0 Å². The van der Waals surface area contributed by atoms with Crippen molar-refractivity contribution in [2.75, 3.05) is 11.9 Å². The van der Waals surface area contributed by atoms with E-state index in [0.717, 1.165) is 12.0 Å². The fourth-order valence-electron chi connectivity index (χ4n) is 2.64. The number of tetrazole rings is 1. The number of carbonyl (C=O) groups is 2. The van der Waals surface area contributed by atoms with Gasteiger partial charge in [0.1, 0.15) is 6.04 Å². The summed E-state index contributed by atoms with van der Waals surface area (Å²) in [5.41, 5.74) is 6.67. The highest BCUT2D eigenvalue weighted by atomic mass is 16.2. The SMILES string of the molecule is Cn1nnc(-c2cccc(NC(=O)N3CCC[C@@H]3C(N)=O)c2)n1. The van der Waals surface area contributed by atoms with Crippen LogP contribution in [0.5, 0.6) is 0 Å². The lowest BCUT2D eigenvalue weighted by Crippen LogP contribution is -2.45. The highest BCUT2D eigenvalue weighted by Crippen LogP contribution is 2.21. The number of likely N-dealkylation sites (tertiary alicyclic amines) is 1. The number of rotatable bonds is 3. The lowest BCUT2D eigenvalue weighted by Gasteiger charge is -2.22. The molecular weight excluding hydrogens is 298 g/mol. The normalized spacial score (nSPS) is 17.3. The number of hydrogen-bond donors (Lipinski definition) is 2. The number of urea groups is 1. The fraction of sp³-hybridized carbons (Fsp3) is 0.357. The third-order valence-corrected chi connectivity index (χ3v) is 3.72. The van der Waals surface area contributed by atoms with Crippen LogP contribution in [0.1, 0.15) is 12.8 Å². The van der Waals surface area contributed by atoms with E-state index in [1.807, 2.05) is 6.07 Å². The Morgan fingerprint density at radius 3 is 2.91 bits per heavy atom. The molecule has 1 atom stereocenters. The van der Waals surface area contributed by atoms with Crippen LogP contribution < -0.4 is 11.1 Å². The summed E-state index contributed by atoms with van der Waals surface area (Å²) in [6.07, 6.45) is 1.37. The Kier molecular flexibility index (Phi) is 3.92. The second-order valence-corrected chi connectivity index (χ2v) is 5.37. The Labute approximate surface area is 132 Å². The molecule has 3 N–H and O–H groups in total. The van der Waals surface area contributed by atoms with Crippen molar-refractivity contribution in [2.45, 2.75) is 18.9 Å². The van der Waals surface area contributed by atoms with E-state index in [2.05, 4.69) is 20.7 Å². The zero-order chi connectivity index (χ0) is 16.4. The molecule has 3 rings (SSSR count). The van der Waals surface area contributed by atoms with Gasteiger partial charge in [0, 0.05) is 17.8 Å². The first-order chi connectivity index (χ1) is 11.0. The van der Waals surface area contributed by atoms with E-state index < -0.39 is 11.9 Å².